The molecule has 0 bridgehead atoms. The monoisotopic (exact) mass is 477 g/mol. The molecule has 0 aliphatic carbocycles. The van der Waals surface area contributed by atoms with E-state index in [9.17, 15) is 9.59 Å². The molecule has 2 N–H and O–H groups in total. The van der Waals surface area contributed by atoms with E-state index >= 15 is 0 Å². The topological polar surface area (TPSA) is 79.9 Å². The number of nitrogens with zero attached hydrogens (tertiary/aromatic N) is 1. The molecule has 0 saturated carbocycles. The van der Waals surface area contributed by atoms with Crippen LogP contribution in [0.15, 0.2) is 78.9 Å². The highest BCUT2D eigenvalue weighted by atomic mass is 32.1. The lowest BCUT2D eigenvalue weighted by molar-refractivity contribution is 0.0786. The summed E-state index contributed by atoms with van der Waals surface area (Å²) in [6.45, 7) is 1.18. The molecular formula is C26H27N3O4S. The summed E-state index contributed by atoms with van der Waals surface area (Å²) in [4.78, 5) is 27.5. The smallest absolute Gasteiger partial charge is 0.261 e. The van der Waals surface area contributed by atoms with Gasteiger partial charge in [0.1, 0.15) is 12.4 Å². The van der Waals surface area contributed by atoms with Crippen LogP contribution in [0.3, 0.4) is 0 Å². The predicted octanol–water partition coefficient (Wildman–Crippen LogP) is 4.11. The summed E-state index contributed by atoms with van der Waals surface area (Å²) < 4.78 is 10.6. The summed E-state index contributed by atoms with van der Waals surface area (Å²) in [6.07, 6.45) is 0. The third kappa shape index (κ3) is 6.87. The van der Waals surface area contributed by atoms with E-state index in [1.165, 1.54) is 0 Å². The van der Waals surface area contributed by atoms with Gasteiger partial charge >= 0.3 is 0 Å². The lowest BCUT2D eigenvalue weighted by atomic mass is 10.1. The molecule has 176 valence electrons. The number of carbonyl (C=O) groups excluding carboxylic acids is 2. The van der Waals surface area contributed by atoms with Crippen LogP contribution in [-0.4, -0.2) is 49.2 Å². The molecule has 34 heavy (non-hydrogen) atoms. The molecule has 8 heteroatoms. The Morgan fingerprint density at radius 3 is 2.26 bits per heavy atom. The highest BCUT2D eigenvalue weighted by molar-refractivity contribution is 7.80. The Balaban J connectivity index is 1.67. The molecule has 3 rings (SSSR count). The molecule has 2 amide bonds. The van der Waals surface area contributed by atoms with Crippen LogP contribution in [0, 0.1) is 0 Å². The number of rotatable bonds is 9. The fourth-order valence-electron chi connectivity index (χ4n) is 3.25. The highest BCUT2D eigenvalue weighted by Crippen LogP contribution is 2.20. The second-order valence-electron chi connectivity index (χ2n) is 7.44. The molecule has 0 aliphatic rings. The van der Waals surface area contributed by atoms with Gasteiger partial charge in [-0.25, -0.2) is 0 Å². The number of benzene rings is 3. The minimum Gasteiger partial charge on any atom is -0.490 e. The number of nitrogens with one attached hydrogen (secondary N) is 2. The summed E-state index contributed by atoms with van der Waals surface area (Å²) >= 11 is 5.35. The van der Waals surface area contributed by atoms with Gasteiger partial charge in [-0.1, -0.05) is 54.6 Å². The van der Waals surface area contributed by atoms with Crippen LogP contribution in [0.2, 0.25) is 0 Å². The van der Waals surface area contributed by atoms with Crippen molar-refractivity contribution in [1.29, 1.82) is 0 Å². The van der Waals surface area contributed by atoms with Crippen molar-refractivity contribution in [3.05, 3.63) is 95.6 Å². The molecule has 7 nitrogen and oxygen atoms in total. The van der Waals surface area contributed by atoms with Gasteiger partial charge in [0.15, 0.2) is 5.11 Å². The van der Waals surface area contributed by atoms with Gasteiger partial charge in [0, 0.05) is 20.7 Å². The minimum absolute atomic E-state index is 0.0719. The van der Waals surface area contributed by atoms with Crippen LogP contribution < -0.4 is 15.4 Å². The summed E-state index contributed by atoms with van der Waals surface area (Å²) in [5.74, 6) is -0.161. The molecule has 0 spiro atoms. The van der Waals surface area contributed by atoms with E-state index in [1.807, 2.05) is 30.3 Å². The molecule has 0 heterocycles. The fraction of sp³-hybridized carbons (Fsp3) is 0.192. The van der Waals surface area contributed by atoms with Gasteiger partial charge in [0.05, 0.1) is 23.4 Å². The fourth-order valence-corrected chi connectivity index (χ4v) is 3.46. The summed E-state index contributed by atoms with van der Waals surface area (Å²) in [5.41, 5.74) is 2.32. The first-order valence-electron chi connectivity index (χ1n) is 10.7. The van der Waals surface area contributed by atoms with Crippen LogP contribution in [0.4, 0.5) is 5.69 Å². The number of ether oxygens (including phenoxy) is 2. The lowest BCUT2D eigenvalue weighted by Gasteiger charge is -2.20. The van der Waals surface area contributed by atoms with Crippen LogP contribution in [0.1, 0.15) is 26.3 Å². The second-order valence-corrected chi connectivity index (χ2v) is 7.85. The first-order chi connectivity index (χ1) is 16.5. The Hall–Kier alpha value is -3.75. The number of thiocarbonyl (C=S) groups is 1. The number of carbonyl (C=O) groups is 2. The minimum atomic E-state index is -0.421. The molecule has 3 aromatic rings. The second kappa shape index (κ2) is 12.5. The lowest BCUT2D eigenvalue weighted by Crippen LogP contribution is -2.35. The van der Waals surface area contributed by atoms with E-state index in [-0.39, 0.29) is 11.0 Å². The van der Waals surface area contributed by atoms with Crippen LogP contribution in [0.5, 0.6) is 5.75 Å². The van der Waals surface area contributed by atoms with Crippen LogP contribution in [-0.2, 0) is 11.3 Å². The SMILES string of the molecule is COCCOc1ccccc1C(=O)NC(=S)Nc1ccccc1C(=O)N(C)Cc1ccccc1. The zero-order valence-electron chi connectivity index (χ0n) is 19.1. The molecule has 0 unspecified atom stereocenters. The summed E-state index contributed by atoms with van der Waals surface area (Å²) in [5, 5.41) is 5.70. The maximum Gasteiger partial charge on any atom is 0.261 e. The average molecular weight is 478 g/mol. The van der Waals surface area contributed by atoms with E-state index in [1.54, 1.807) is 67.6 Å². The molecule has 0 atom stereocenters. The van der Waals surface area contributed by atoms with Crippen molar-refractivity contribution >= 4 is 34.8 Å². The van der Waals surface area contributed by atoms with Crippen molar-refractivity contribution in [2.45, 2.75) is 6.54 Å². The van der Waals surface area contributed by atoms with Gasteiger partial charge in [-0.3, -0.25) is 14.9 Å². The quantitative estimate of drug-likeness (QED) is 0.357. The van der Waals surface area contributed by atoms with Gasteiger partial charge < -0.3 is 19.7 Å². The van der Waals surface area contributed by atoms with Gasteiger partial charge in [-0.15, -0.1) is 0 Å². The Labute approximate surface area is 204 Å². The number of anilines is 1. The molecule has 0 saturated heterocycles. The van der Waals surface area contributed by atoms with Gasteiger partial charge in [-0.2, -0.15) is 0 Å². The summed E-state index contributed by atoms with van der Waals surface area (Å²) in [6, 6.07) is 23.6. The Morgan fingerprint density at radius 1 is 0.882 bits per heavy atom. The first kappa shape index (κ1) is 24.9. The third-order valence-electron chi connectivity index (χ3n) is 4.92. The van der Waals surface area contributed by atoms with Crippen molar-refractivity contribution in [3.63, 3.8) is 0 Å². The van der Waals surface area contributed by atoms with Crippen LogP contribution in [0.25, 0.3) is 0 Å². The van der Waals surface area contributed by atoms with E-state index in [0.29, 0.717) is 42.3 Å². The van der Waals surface area contributed by atoms with E-state index in [4.69, 9.17) is 21.7 Å². The molecular weight excluding hydrogens is 450 g/mol. The van der Waals surface area contributed by atoms with Gasteiger partial charge in [-0.05, 0) is 42.0 Å². The van der Waals surface area contributed by atoms with E-state index in [2.05, 4.69) is 10.6 Å². The zero-order valence-corrected chi connectivity index (χ0v) is 19.9. The number of amides is 2. The van der Waals surface area contributed by atoms with Crippen molar-refractivity contribution in [2.75, 3.05) is 32.7 Å². The summed E-state index contributed by atoms with van der Waals surface area (Å²) in [7, 11) is 3.32. The highest BCUT2D eigenvalue weighted by Gasteiger charge is 2.18. The predicted molar refractivity (Wildman–Crippen MR) is 136 cm³/mol. The van der Waals surface area contributed by atoms with Crippen molar-refractivity contribution in [2.24, 2.45) is 0 Å². The Bertz CT molecular complexity index is 1140. The number of para-hydroxylation sites is 2. The number of hydrogen-bond donors (Lipinski definition) is 2. The Morgan fingerprint density at radius 2 is 1.53 bits per heavy atom. The number of hydrogen-bond acceptors (Lipinski definition) is 5. The maximum atomic E-state index is 13.1. The largest absolute Gasteiger partial charge is 0.490 e. The van der Waals surface area contributed by atoms with E-state index in [0.717, 1.165) is 5.56 Å². The number of methoxy groups -OCH3 is 1. The molecule has 3 aromatic carbocycles. The van der Waals surface area contributed by atoms with Crippen molar-refractivity contribution < 1.29 is 19.1 Å². The zero-order chi connectivity index (χ0) is 24.3. The first-order valence-corrected chi connectivity index (χ1v) is 11.1. The molecule has 0 radical (unpaired) electrons. The van der Waals surface area contributed by atoms with E-state index < -0.39 is 5.91 Å². The maximum absolute atomic E-state index is 13.1. The van der Waals surface area contributed by atoms with Gasteiger partial charge in [0.2, 0.25) is 0 Å². The molecule has 0 aliphatic heterocycles. The Kier molecular flexibility index (Phi) is 9.13. The molecule has 0 aromatic heterocycles. The van der Waals surface area contributed by atoms with Crippen molar-refractivity contribution in [3.8, 4) is 5.75 Å². The normalized spacial score (nSPS) is 10.3. The van der Waals surface area contributed by atoms with Gasteiger partial charge in [0.25, 0.3) is 11.8 Å². The third-order valence-corrected chi connectivity index (χ3v) is 5.12. The standard InChI is InChI=1S/C26H27N3O4S/c1-29(18-19-10-4-3-5-11-19)25(31)20-12-6-8-14-22(20)27-26(34)28-24(30)21-13-7-9-15-23(21)33-17-16-32-2/h3-15H,16-18H2,1-2H3,(H2,27,28,30,34). The van der Waals surface area contributed by atoms with Crippen molar-refractivity contribution in [1.82, 2.24) is 10.2 Å². The van der Waals surface area contributed by atoms with Crippen LogP contribution >= 0.6 is 12.2 Å². The average Bonchev–Trinajstić information content (AvgIpc) is 2.85. The molecule has 0 fully saturated rings.